The Morgan fingerprint density at radius 2 is 1.75 bits per heavy atom. The summed E-state index contributed by atoms with van der Waals surface area (Å²) in [6.45, 7) is 2.13. The van der Waals surface area contributed by atoms with Crippen molar-refractivity contribution >= 4 is 17.5 Å². The Kier molecular flexibility index (Phi) is 4.31. The number of halogens is 1. The van der Waals surface area contributed by atoms with Gasteiger partial charge in [-0.25, -0.2) is 0 Å². The molecule has 1 unspecified atom stereocenters. The second-order valence-corrected chi connectivity index (χ2v) is 8.12. The summed E-state index contributed by atoms with van der Waals surface area (Å²) >= 11 is 5.81. The van der Waals surface area contributed by atoms with Crippen LogP contribution in [-0.2, 0) is 4.79 Å². The highest BCUT2D eigenvalue weighted by Crippen LogP contribution is 2.61. The number of rotatable bonds is 6. The SMILES string of the molecule is CCC(CCCl)NC(=O)CC12CC3CC(CC(C3)C1)C2. The van der Waals surface area contributed by atoms with E-state index in [1.807, 2.05) is 0 Å². The van der Waals surface area contributed by atoms with Crippen molar-refractivity contribution < 1.29 is 4.79 Å². The van der Waals surface area contributed by atoms with Crippen molar-refractivity contribution in [2.45, 2.75) is 70.8 Å². The fraction of sp³-hybridized carbons (Fsp3) is 0.941. The van der Waals surface area contributed by atoms with Crippen molar-refractivity contribution in [3.05, 3.63) is 0 Å². The first-order chi connectivity index (χ1) is 9.62. The number of alkyl halides is 1. The monoisotopic (exact) mass is 297 g/mol. The Balaban J connectivity index is 1.58. The van der Waals surface area contributed by atoms with Crippen LogP contribution in [0.1, 0.15) is 64.7 Å². The molecule has 2 nitrogen and oxygen atoms in total. The molecular weight excluding hydrogens is 270 g/mol. The smallest absolute Gasteiger partial charge is 0.220 e. The highest BCUT2D eigenvalue weighted by Gasteiger charge is 2.51. The molecule has 4 aliphatic carbocycles. The zero-order valence-electron chi connectivity index (χ0n) is 12.7. The highest BCUT2D eigenvalue weighted by atomic mass is 35.5. The number of amides is 1. The molecule has 20 heavy (non-hydrogen) atoms. The predicted octanol–water partition coefficient (Wildman–Crippen LogP) is 4.12. The van der Waals surface area contributed by atoms with E-state index in [9.17, 15) is 4.79 Å². The third kappa shape index (κ3) is 3.00. The summed E-state index contributed by atoms with van der Waals surface area (Å²) in [5.74, 6) is 3.70. The quantitative estimate of drug-likeness (QED) is 0.734. The second-order valence-electron chi connectivity index (χ2n) is 7.74. The van der Waals surface area contributed by atoms with Gasteiger partial charge in [0, 0.05) is 18.3 Å². The molecule has 0 aromatic carbocycles. The maximum absolute atomic E-state index is 12.4. The summed E-state index contributed by atoms with van der Waals surface area (Å²) in [5.41, 5.74) is 0.359. The van der Waals surface area contributed by atoms with Gasteiger partial charge >= 0.3 is 0 Å². The minimum atomic E-state index is 0.272. The molecule has 0 aliphatic heterocycles. The van der Waals surface area contributed by atoms with Crippen molar-refractivity contribution in [2.75, 3.05) is 5.88 Å². The van der Waals surface area contributed by atoms with Gasteiger partial charge in [-0.3, -0.25) is 4.79 Å². The second kappa shape index (κ2) is 5.87. The molecule has 4 bridgehead atoms. The normalized spacial score (nSPS) is 39.8. The van der Waals surface area contributed by atoms with Crippen molar-refractivity contribution in [1.82, 2.24) is 5.32 Å². The Labute approximate surface area is 128 Å². The summed E-state index contributed by atoms with van der Waals surface area (Å²) in [4.78, 5) is 12.4. The van der Waals surface area contributed by atoms with Crippen molar-refractivity contribution in [3.8, 4) is 0 Å². The zero-order chi connectivity index (χ0) is 14.2. The van der Waals surface area contributed by atoms with Gasteiger partial charge in [-0.1, -0.05) is 6.92 Å². The Morgan fingerprint density at radius 1 is 1.20 bits per heavy atom. The van der Waals surface area contributed by atoms with Crippen molar-refractivity contribution in [2.24, 2.45) is 23.2 Å². The van der Waals surface area contributed by atoms with Gasteiger partial charge in [-0.05, 0) is 74.5 Å². The van der Waals surface area contributed by atoms with Gasteiger partial charge in [-0.15, -0.1) is 11.6 Å². The highest BCUT2D eigenvalue weighted by molar-refractivity contribution is 6.17. The number of hydrogen-bond acceptors (Lipinski definition) is 1. The van der Waals surface area contributed by atoms with Crippen LogP contribution in [0.2, 0.25) is 0 Å². The maximum atomic E-state index is 12.4. The number of carbonyl (C=O) groups is 1. The van der Waals surface area contributed by atoms with Crippen LogP contribution in [0.3, 0.4) is 0 Å². The molecule has 1 N–H and O–H groups in total. The average Bonchev–Trinajstić information content (AvgIpc) is 2.35. The topological polar surface area (TPSA) is 29.1 Å². The van der Waals surface area contributed by atoms with E-state index in [-0.39, 0.29) is 11.9 Å². The lowest BCUT2D eigenvalue weighted by atomic mass is 9.49. The van der Waals surface area contributed by atoms with E-state index >= 15 is 0 Å². The van der Waals surface area contributed by atoms with Gasteiger partial charge < -0.3 is 5.32 Å². The first-order valence-corrected chi connectivity index (χ1v) is 9.01. The number of hydrogen-bond donors (Lipinski definition) is 1. The third-order valence-corrected chi connectivity index (χ3v) is 6.23. The first-order valence-electron chi connectivity index (χ1n) is 8.48. The van der Waals surface area contributed by atoms with E-state index in [2.05, 4.69) is 12.2 Å². The van der Waals surface area contributed by atoms with Crippen LogP contribution >= 0.6 is 11.6 Å². The van der Waals surface area contributed by atoms with Crippen molar-refractivity contribution in [1.29, 1.82) is 0 Å². The zero-order valence-corrected chi connectivity index (χ0v) is 13.4. The van der Waals surface area contributed by atoms with Crippen LogP contribution in [0.4, 0.5) is 0 Å². The first kappa shape index (κ1) is 14.7. The number of carbonyl (C=O) groups excluding carboxylic acids is 1. The van der Waals surface area contributed by atoms with Crippen LogP contribution in [0, 0.1) is 23.2 Å². The molecule has 4 aliphatic rings. The van der Waals surface area contributed by atoms with Crippen LogP contribution in [0.25, 0.3) is 0 Å². The maximum Gasteiger partial charge on any atom is 0.220 e. The van der Waals surface area contributed by atoms with Gasteiger partial charge in [0.15, 0.2) is 0 Å². The standard InChI is InChI=1S/C17H28ClNO/c1-2-15(3-4-18)19-16(20)11-17-8-12-5-13(9-17)7-14(6-12)10-17/h12-15H,2-11H2,1H3,(H,19,20). The number of nitrogens with one attached hydrogen (secondary N) is 1. The molecule has 0 heterocycles. The molecule has 114 valence electrons. The molecule has 0 radical (unpaired) electrons. The Hall–Kier alpha value is -0.240. The molecule has 0 spiro atoms. The largest absolute Gasteiger partial charge is 0.353 e. The summed E-state index contributed by atoms with van der Waals surface area (Å²) in [7, 11) is 0. The van der Waals surface area contributed by atoms with E-state index in [1.54, 1.807) is 0 Å². The summed E-state index contributed by atoms with van der Waals surface area (Å²) in [6, 6.07) is 0.272. The lowest BCUT2D eigenvalue weighted by Crippen LogP contribution is -2.48. The van der Waals surface area contributed by atoms with E-state index in [0.29, 0.717) is 11.3 Å². The van der Waals surface area contributed by atoms with E-state index in [1.165, 1.54) is 38.5 Å². The van der Waals surface area contributed by atoms with Gasteiger partial charge in [-0.2, -0.15) is 0 Å². The van der Waals surface area contributed by atoms with Crippen LogP contribution in [-0.4, -0.2) is 17.8 Å². The lowest BCUT2D eigenvalue weighted by molar-refractivity contribution is -0.130. The third-order valence-electron chi connectivity index (χ3n) is 6.02. The molecule has 1 atom stereocenters. The van der Waals surface area contributed by atoms with Crippen LogP contribution in [0.5, 0.6) is 0 Å². The molecular formula is C17H28ClNO. The fourth-order valence-corrected chi connectivity index (χ4v) is 5.90. The summed E-state index contributed by atoms with van der Waals surface area (Å²) < 4.78 is 0. The molecule has 0 aromatic heterocycles. The lowest BCUT2D eigenvalue weighted by Gasteiger charge is -2.56. The van der Waals surface area contributed by atoms with Crippen molar-refractivity contribution in [3.63, 3.8) is 0 Å². The Bertz CT molecular complexity index is 333. The summed E-state index contributed by atoms with van der Waals surface area (Å²) in [6.07, 6.45) is 11.0. The van der Waals surface area contributed by atoms with Gasteiger partial charge in [0.2, 0.25) is 5.91 Å². The molecule has 4 saturated carbocycles. The van der Waals surface area contributed by atoms with E-state index in [4.69, 9.17) is 11.6 Å². The molecule has 4 rings (SSSR count). The minimum Gasteiger partial charge on any atom is -0.353 e. The molecule has 1 amide bonds. The van der Waals surface area contributed by atoms with Gasteiger partial charge in [0.1, 0.15) is 0 Å². The van der Waals surface area contributed by atoms with Crippen LogP contribution < -0.4 is 5.32 Å². The molecule has 3 heteroatoms. The fourth-order valence-electron chi connectivity index (χ4n) is 5.64. The van der Waals surface area contributed by atoms with Crippen LogP contribution in [0.15, 0.2) is 0 Å². The van der Waals surface area contributed by atoms with Gasteiger partial charge in [0.25, 0.3) is 0 Å². The van der Waals surface area contributed by atoms with Gasteiger partial charge in [0.05, 0.1) is 0 Å². The summed E-state index contributed by atoms with van der Waals surface area (Å²) in [5, 5.41) is 3.22. The molecule has 0 aromatic rings. The average molecular weight is 298 g/mol. The molecule has 0 saturated heterocycles. The molecule has 4 fully saturated rings. The Morgan fingerprint density at radius 3 is 2.20 bits per heavy atom. The van der Waals surface area contributed by atoms with E-state index in [0.717, 1.165) is 37.0 Å². The van der Waals surface area contributed by atoms with E-state index < -0.39 is 0 Å². The minimum absolute atomic E-state index is 0.272. The predicted molar refractivity (Wildman–Crippen MR) is 82.8 cm³/mol.